The van der Waals surface area contributed by atoms with Crippen LogP contribution in [0.25, 0.3) is 0 Å². The molecule has 1 aliphatic rings. The quantitative estimate of drug-likeness (QED) is 0.668. The highest BCUT2D eigenvalue weighted by atomic mass is 35.5. The van der Waals surface area contributed by atoms with Gasteiger partial charge in [0, 0.05) is 18.2 Å². The fraction of sp³-hybridized carbons (Fsp3) is 0.500. The van der Waals surface area contributed by atoms with Crippen molar-refractivity contribution in [3.05, 3.63) is 22.7 Å². The third-order valence-electron chi connectivity index (χ3n) is 3.05. The second-order valence-electron chi connectivity index (χ2n) is 4.64. The average Bonchev–Trinajstić information content (AvgIpc) is 2.90. The molecule has 1 fully saturated rings. The summed E-state index contributed by atoms with van der Waals surface area (Å²) in [6.07, 6.45) is 0.946. The Morgan fingerprint density at radius 1 is 1.55 bits per heavy atom. The molecule has 1 atom stereocenters. The van der Waals surface area contributed by atoms with Crippen LogP contribution in [-0.2, 0) is 9.47 Å². The molecule has 1 heterocycles. The SMILES string of the molecule is CCOC(=O)c1cc(N)cc(Cl)c1OCC1CCOC1. The van der Waals surface area contributed by atoms with E-state index in [-0.39, 0.29) is 12.2 Å². The van der Waals surface area contributed by atoms with Gasteiger partial charge in [0.1, 0.15) is 5.56 Å². The van der Waals surface area contributed by atoms with Gasteiger partial charge in [0.25, 0.3) is 0 Å². The molecule has 0 radical (unpaired) electrons. The highest BCUT2D eigenvalue weighted by Gasteiger charge is 2.21. The van der Waals surface area contributed by atoms with Crippen LogP contribution in [0.3, 0.4) is 0 Å². The summed E-state index contributed by atoms with van der Waals surface area (Å²) < 4.78 is 16.0. The van der Waals surface area contributed by atoms with E-state index in [0.717, 1.165) is 13.0 Å². The first-order valence-corrected chi connectivity index (χ1v) is 6.96. The van der Waals surface area contributed by atoms with Gasteiger partial charge in [0.2, 0.25) is 0 Å². The molecule has 0 bridgehead atoms. The number of nitrogen functional groups attached to an aromatic ring is 1. The molecule has 0 amide bonds. The lowest BCUT2D eigenvalue weighted by atomic mass is 10.1. The van der Waals surface area contributed by atoms with Crippen LogP contribution in [0.15, 0.2) is 12.1 Å². The predicted octanol–water partition coefficient (Wildman–Crippen LogP) is 2.51. The monoisotopic (exact) mass is 299 g/mol. The molecular weight excluding hydrogens is 282 g/mol. The molecule has 1 unspecified atom stereocenters. The number of halogens is 1. The van der Waals surface area contributed by atoms with Crippen molar-refractivity contribution in [2.75, 3.05) is 32.2 Å². The Morgan fingerprint density at radius 2 is 2.35 bits per heavy atom. The standard InChI is InChI=1S/C14H18ClNO4/c1-2-19-14(17)11-5-10(16)6-12(15)13(11)20-8-9-3-4-18-7-9/h5-6,9H,2-4,7-8,16H2,1H3. The number of benzene rings is 1. The topological polar surface area (TPSA) is 70.8 Å². The van der Waals surface area contributed by atoms with Crippen molar-refractivity contribution in [1.29, 1.82) is 0 Å². The van der Waals surface area contributed by atoms with Crippen LogP contribution < -0.4 is 10.5 Å². The Labute approximate surface area is 122 Å². The molecule has 1 saturated heterocycles. The van der Waals surface area contributed by atoms with Crippen molar-refractivity contribution in [1.82, 2.24) is 0 Å². The second-order valence-corrected chi connectivity index (χ2v) is 5.05. The summed E-state index contributed by atoms with van der Waals surface area (Å²) in [6.45, 7) is 3.88. The number of esters is 1. The van der Waals surface area contributed by atoms with E-state index in [1.165, 1.54) is 6.07 Å². The van der Waals surface area contributed by atoms with Crippen molar-refractivity contribution >= 4 is 23.3 Å². The summed E-state index contributed by atoms with van der Waals surface area (Å²) in [6, 6.07) is 3.08. The molecule has 20 heavy (non-hydrogen) atoms. The summed E-state index contributed by atoms with van der Waals surface area (Å²) in [5.41, 5.74) is 6.37. The van der Waals surface area contributed by atoms with Crippen molar-refractivity contribution in [3.63, 3.8) is 0 Å². The highest BCUT2D eigenvalue weighted by molar-refractivity contribution is 6.33. The van der Waals surface area contributed by atoms with E-state index in [0.29, 0.717) is 35.6 Å². The maximum absolute atomic E-state index is 11.9. The molecule has 0 saturated carbocycles. The maximum atomic E-state index is 11.9. The van der Waals surface area contributed by atoms with Crippen LogP contribution in [0.2, 0.25) is 5.02 Å². The molecule has 0 aromatic heterocycles. The lowest BCUT2D eigenvalue weighted by Gasteiger charge is -2.15. The number of hydrogen-bond acceptors (Lipinski definition) is 5. The van der Waals surface area contributed by atoms with Gasteiger partial charge in [-0.2, -0.15) is 0 Å². The maximum Gasteiger partial charge on any atom is 0.342 e. The molecule has 5 nitrogen and oxygen atoms in total. The number of anilines is 1. The Morgan fingerprint density at radius 3 is 3.00 bits per heavy atom. The van der Waals surface area contributed by atoms with Gasteiger partial charge >= 0.3 is 5.97 Å². The van der Waals surface area contributed by atoms with E-state index in [1.54, 1.807) is 13.0 Å². The highest BCUT2D eigenvalue weighted by Crippen LogP contribution is 2.33. The van der Waals surface area contributed by atoms with Gasteiger partial charge in [-0.3, -0.25) is 0 Å². The van der Waals surface area contributed by atoms with Crippen molar-refractivity contribution < 1.29 is 19.0 Å². The third-order valence-corrected chi connectivity index (χ3v) is 3.33. The molecule has 2 N–H and O–H groups in total. The fourth-order valence-corrected chi connectivity index (χ4v) is 2.32. The molecule has 1 aliphatic heterocycles. The molecule has 1 aromatic rings. The summed E-state index contributed by atoms with van der Waals surface area (Å²) in [7, 11) is 0. The van der Waals surface area contributed by atoms with Crippen LogP contribution in [0.5, 0.6) is 5.75 Å². The van der Waals surface area contributed by atoms with Gasteiger partial charge < -0.3 is 19.9 Å². The summed E-state index contributed by atoms with van der Waals surface area (Å²) >= 11 is 6.12. The molecular formula is C14H18ClNO4. The fourth-order valence-electron chi connectivity index (χ4n) is 2.04. The Kier molecular flexibility index (Phi) is 5.09. The van der Waals surface area contributed by atoms with Gasteiger partial charge in [-0.15, -0.1) is 0 Å². The van der Waals surface area contributed by atoms with E-state index in [1.807, 2.05) is 0 Å². The van der Waals surface area contributed by atoms with E-state index in [4.69, 9.17) is 31.5 Å². The number of carbonyl (C=O) groups excluding carboxylic acids is 1. The smallest absolute Gasteiger partial charge is 0.342 e. The van der Waals surface area contributed by atoms with E-state index in [9.17, 15) is 4.79 Å². The number of ether oxygens (including phenoxy) is 3. The van der Waals surface area contributed by atoms with Crippen LogP contribution in [0, 0.1) is 5.92 Å². The van der Waals surface area contributed by atoms with Crippen molar-refractivity contribution in [2.24, 2.45) is 5.92 Å². The van der Waals surface area contributed by atoms with Crippen molar-refractivity contribution in [2.45, 2.75) is 13.3 Å². The normalized spacial score (nSPS) is 18.0. The van der Waals surface area contributed by atoms with Crippen LogP contribution in [-0.4, -0.2) is 32.4 Å². The van der Waals surface area contributed by atoms with Crippen molar-refractivity contribution in [3.8, 4) is 5.75 Å². The molecule has 0 spiro atoms. The van der Waals surface area contributed by atoms with E-state index < -0.39 is 5.97 Å². The summed E-state index contributed by atoms with van der Waals surface area (Å²) in [4.78, 5) is 11.9. The zero-order valence-corrected chi connectivity index (χ0v) is 12.1. The number of rotatable bonds is 5. The van der Waals surface area contributed by atoms with Gasteiger partial charge in [-0.25, -0.2) is 4.79 Å². The lowest BCUT2D eigenvalue weighted by Crippen LogP contribution is -2.15. The molecule has 2 rings (SSSR count). The largest absolute Gasteiger partial charge is 0.491 e. The number of hydrogen-bond donors (Lipinski definition) is 1. The number of carbonyl (C=O) groups is 1. The second kappa shape index (κ2) is 6.81. The zero-order chi connectivity index (χ0) is 14.5. The van der Waals surface area contributed by atoms with Crippen LogP contribution in [0.4, 0.5) is 5.69 Å². The first-order valence-electron chi connectivity index (χ1n) is 6.58. The van der Waals surface area contributed by atoms with E-state index in [2.05, 4.69) is 0 Å². The molecule has 1 aromatic carbocycles. The summed E-state index contributed by atoms with van der Waals surface area (Å²) in [5, 5.41) is 0.312. The number of nitrogens with two attached hydrogens (primary N) is 1. The van der Waals surface area contributed by atoms with Gasteiger partial charge in [-0.05, 0) is 25.5 Å². The minimum atomic E-state index is -0.487. The summed E-state index contributed by atoms with van der Waals surface area (Å²) in [5.74, 6) is 0.157. The Hall–Kier alpha value is -1.46. The minimum Gasteiger partial charge on any atom is -0.491 e. The lowest BCUT2D eigenvalue weighted by molar-refractivity contribution is 0.0520. The predicted molar refractivity (Wildman–Crippen MR) is 76.2 cm³/mol. The Balaban J connectivity index is 2.17. The first-order chi connectivity index (χ1) is 9.61. The van der Waals surface area contributed by atoms with E-state index >= 15 is 0 Å². The third kappa shape index (κ3) is 3.55. The zero-order valence-electron chi connectivity index (χ0n) is 11.4. The Bertz CT molecular complexity index is 486. The van der Waals surface area contributed by atoms with Gasteiger partial charge in [0.05, 0.1) is 24.8 Å². The van der Waals surface area contributed by atoms with Crippen LogP contribution in [0.1, 0.15) is 23.7 Å². The molecule has 110 valence electrons. The minimum absolute atomic E-state index is 0.260. The van der Waals surface area contributed by atoms with Gasteiger partial charge in [0.15, 0.2) is 5.75 Å². The molecule has 6 heteroatoms. The van der Waals surface area contributed by atoms with Crippen LogP contribution >= 0.6 is 11.6 Å². The first kappa shape index (κ1) is 14.9. The van der Waals surface area contributed by atoms with Gasteiger partial charge in [-0.1, -0.05) is 11.6 Å². The average molecular weight is 300 g/mol. The molecule has 0 aliphatic carbocycles.